The van der Waals surface area contributed by atoms with Gasteiger partial charge in [-0.1, -0.05) is 45.1 Å². The number of nitrogens with one attached hydrogen (secondary N) is 1. The largest absolute Gasteiger partial charge is 0.481 e. The van der Waals surface area contributed by atoms with E-state index in [-0.39, 0.29) is 55.8 Å². The lowest BCUT2D eigenvalue weighted by Gasteiger charge is -2.38. The number of carboxylic acid groups (broad SMARTS) is 1. The van der Waals surface area contributed by atoms with Crippen LogP contribution < -0.4 is 5.32 Å². The molecular formula is C37H60N2O11. The van der Waals surface area contributed by atoms with Crippen LogP contribution in [-0.2, 0) is 28.5 Å². The van der Waals surface area contributed by atoms with Crippen molar-refractivity contribution in [1.29, 1.82) is 0 Å². The van der Waals surface area contributed by atoms with Crippen molar-refractivity contribution in [3.8, 4) is 0 Å². The zero-order valence-corrected chi connectivity index (χ0v) is 30.7. The fourth-order valence-electron chi connectivity index (χ4n) is 6.67. The Hall–Kier alpha value is -2.81. The highest BCUT2D eigenvalue weighted by Gasteiger charge is 2.47. The molecule has 50 heavy (non-hydrogen) atoms. The van der Waals surface area contributed by atoms with Crippen LogP contribution in [0.15, 0.2) is 36.0 Å². The lowest BCUT2D eigenvalue weighted by atomic mass is 9.88. The van der Waals surface area contributed by atoms with Crippen molar-refractivity contribution in [3.63, 3.8) is 0 Å². The number of methoxy groups -OCH3 is 1. The Morgan fingerprint density at radius 1 is 1.30 bits per heavy atom. The Bertz CT molecular complexity index is 1240. The van der Waals surface area contributed by atoms with E-state index >= 15 is 0 Å². The van der Waals surface area contributed by atoms with Gasteiger partial charge in [0.25, 0.3) is 0 Å². The summed E-state index contributed by atoms with van der Waals surface area (Å²) in [5.74, 6) is -1.85. The van der Waals surface area contributed by atoms with Gasteiger partial charge in [0.05, 0.1) is 36.4 Å². The smallest absolute Gasteiger partial charge is 0.410 e. The maximum absolute atomic E-state index is 13.5. The highest BCUT2D eigenvalue weighted by atomic mass is 16.6. The lowest BCUT2D eigenvalue weighted by Crippen LogP contribution is -2.54. The molecule has 0 aromatic carbocycles. The number of carboxylic acids is 1. The molecule has 0 unspecified atom stereocenters. The van der Waals surface area contributed by atoms with Crippen LogP contribution in [0, 0.1) is 11.8 Å². The van der Waals surface area contributed by atoms with E-state index in [0.717, 1.165) is 0 Å². The molecule has 0 aliphatic carbocycles. The number of aliphatic hydroxyl groups is 3. The van der Waals surface area contributed by atoms with E-state index in [4.69, 9.17) is 24.1 Å². The Labute approximate surface area is 296 Å². The standard InChI is InChI=1S/C37H60N2O11/c1-8-28(41)25(4)34-29(48-34)21-36(5,46)16-9-10-23(2)33-24(3)11-13-30(37(6,47-7)17-15-27(40)20-32(44)50-33)49-35(45)39-19-18-38-26(22-39)12-14-31(42)43/h9-11,13,16,24-30,33-34,38,40-41,46H,8,12,14-15,17-22H2,1-7H3,(H,42,43)/b13-11+,16-9+,23-10+/t24-,25+,26-,27+,28-,29+,30-,33+,34+,36-,37+/m0/s1. The monoisotopic (exact) mass is 708 g/mol. The fourth-order valence-corrected chi connectivity index (χ4v) is 6.67. The second-order valence-electron chi connectivity index (χ2n) is 14.7. The number of carbonyl (C=O) groups is 3. The first-order chi connectivity index (χ1) is 23.5. The number of aliphatic hydroxyl groups excluding tert-OH is 2. The van der Waals surface area contributed by atoms with E-state index < -0.39 is 53.6 Å². The Morgan fingerprint density at radius 2 is 2.02 bits per heavy atom. The summed E-state index contributed by atoms with van der Waals surface area (Å²) in [6, 6.07) is -0.173. The summed E-state index contributed by atoms with van der Waals surface area (Å²) in [6.07, 6.45) is 6.52. The number of carbonyl (C=O) groups excluding carboxylic acids is 2. The molecule has 13 heteroatoms. The summed E-state index contributed by atoms with van der Waals surface area (Å²) in [4.78, 5) is 39.0. The van der Waals surface area contributed by atoms with Crippen LogP contribution in [0.5, 0.6) is 0 Å². The molecule has 0 aromatic rings. The third kappa shape index (κ3) is 12.4. The van der Waals surface area contributed by atoms with Gasteiger partial charge < -0.3 is 49.6 Å². The van der Waals surface area contributed by atoms with E-state index in [2.05, 4.69) is 5.32 Å². The van der Waals surface area contributed by atoms with Crippen molar-refractivity contribution in [2.24, 2.45) is 11.8 Å². The number of allylic oxidation sites excluding steroid dienone is 2. The van der Waals surface area contributed by atoms with E-state index in [9.17, 15) is 29.7 Å². The predicted molar refractivity (Wildman–Crippen MR) is 186 cm³/mol. The molecule has 2 saturated heterocycles. The maximum Gasteiger partial charge on any atom is 0.410 e. The molecule has 0 aromatic heterocycles. The maximum atomic E-state index is 13.5. The second-order valence-corrected chi connectivity index (χ2v) is 14.7. The van der Waals surface area contributed by atoms with Gasteiger partial charge in [0, 0.05) is 57.5 Å². The van der Waals surface area contributed by atoms with E-state index in [0.29, 0.717) is 44.5 Å². The fraction of sp³-hybridized carbons (Fsp3) is 0.757. The molecular weight excluding hydrogens is 648 g/mol. The molecule has 3 aliphatic heterocycles. The molecule has 0 radical (unpaired) electrons. The molecule has 0 spiro atoms. The van der Waals surface area contributed by atoms with E-state index in [1.807, 2.05) is 33.8 Å². The highest BCUT2D eigenvalue weighted by Crippen LogP contribution is 2.37. The Balaban J connectivity index is 1.77. The van der Waals surface area contributed by atoms with Gasteiger partial charge in [-0.15, -0.1) is 0 Å². The minimum Gasteiger partial charge on any atom is -0.481 e. The van der Waals surface area contributed by atoms with Crippen LogP contribution in [0.25, 0.3) is 0 Å². The van der Waals surface area contributed by atoms with Crippen molar-refractivity contribution in [2.75, 3.05) is 26.7 Å². The van der Waals surface area contributed by atoms with E-state index in [1.165, 1.54) is 7.11 Å². The minimum atomic E-state index is -1.17. The highest BCUT2D eigenvalue weighted by molar-refractivity contribution is 5.70. The number of cyclic esters (lactones) is 1. The third-order valence-electron chi connectivity index (χ3n) is 10.3. The third-order valence-corrected chi connectivity index (χ3v) is 10.3. The normalized spacial score (nSPS) is 34.4. The second kappa shape index (κ2) is 18.6. The molecule has 3 aliphatic rings. The SMILES string of the molecule is CC[C@H](O)[C@@H](C)[C@H]1O[C@@H]1C[C@@](C)(O)/C=C/C=C(\C)[C@H]1OC(=O)C[C@H](O)CC[C@@](C)(OC)[C@@H](OC(=O)N2CCN[C@@H](CCC(=O)O)C2)/C=C/[C@@H]1C. The van der Waals surface area contributed by atoms with Crippen LogP contribution in [0.3, 0.4) is 0 Å². The number of nitrogens with zero attached hydrogens (tertiary/aromatic N) is 1. The molecule has 11 atom stereocenters. The molecule has 0 saturated carbocycles. The molecule has 13 nitrogen and oxygen atoms in total. The van der Waals surface area contributed by atoms with Gasteiger partial charge in [-0.2, -0.15) is 0 Å². The van der Waals surface area contributed by atoms with Gasteiger partial charge in [0.1, 0.15) is 11.7 Å². The molecule has 3 rings (SSSR count). The summed E-state index contributed by atoms with van der Waals surface area (Å²) < 4.78 is 23.6. The summed E-state index contributed by atoms with van der Waals surface area (Å²) >= 11 is 0. The van der Waals surface area contributed by atoms with Crippen LogP contribution in [-0.4, -0.2) is 124 Å². The molecule has 284 valence electrons. The quantitative estimate of drug-likeness (QED) is 0.0813. The molecule has 0 bridgehead atoms. The van der Waals surface area contributed by atoms with Crippen LogP contribution >= 0.6 is 0 Å². The minimum absolute atomic E-state index is 0.0112. The van der Waals surface area contributed by atoms with Gasteiger partial charge in [-0.25, -0.2) is 4.79 Å². The van der Waals surface area contributed by atoms with Gasteiger partial charge in [-0.05, 0) is 58.1 Å². The van der Waals surface area contributed by atoms with Crippen LogP contribution in [0.4, 0.5) is 4.79 Å². The van der Waals surface area contributed by atoms with Crippen molar-refractivity contribution in [1.82, 2.24) is 10.2 Å². The molecule has 2 fully saturated rings. The Morgan fingerprint density at radius 3 is 2.68 bits per heavy atom. The summed E-state index contributed by atoms with van der Waals surface area (Å²) in [5.41, 5.74) is -1.50. The topological polar surface area (TPSA) is 188 Å². The van der Waals surface area contributed by atoms with Gasteiger partial charge in [-0.3, -0.25) is 9.59 Å². The van der Waals surface area contributed by atoms with Gasteiger partial charge in [0.2, 0.25) is 0 Å². The zero-order chi connectivity index (χ0) is 37.2. The zero-order valence-electron chi connectivity index (χ0n) is 30.7. The van der Waals surface area contributed by atoms with Crippen molar-refractivity contribution < 1.29 is 53.8 Å². The number of epoxide rings is 1. The Kier molecular flexibility index (Phi) is 15.5. The number of rotatable bonds is 13. The number of amides is 1. The van der Waals surface area contributed by atoms with Gasteiger partial charge in [0.15, 0.2) is 6.10 Å². The van der Waals surface area contributed by atoms with Crippen molar-refractivity contribution in [3.05, 3.63) is 36.0 Å². The first-order valence-corrected chi connectivity index (χ1v) is 17.9. The number of ether oxygens (including phenoxy) is 4. The summed E-state index contributed by atoms with van der Waals surface area (Å²) in [7, 11) is 1.51. The number of hydrogen-bond donors (Lipinski definition) is 5. The van der Waals surface area contributed by atoms with E-state index in [1.54, 1.807) is 43.1 Å². The number of aliphatic carboxylic acids is 1. The lowest BCUT2D eigenvalue weighted by molar-refractivity contribution is -0.151. The van der Waals surface area contributed by atoms with Crippen LogP contribution in [0.1, 0.15) is 86.5 Å². The molecule has 3 heterocycles. The molecule has 5 N–H and O–H groups in total. The molecule has 1 amide bonds. The average molecular weight is 709 g/mol. The average Bonchev–Trinajstić information content (AvgIpc) is 3.83. The van der Waals surface area contributed by atoms with Crippen molar-refractivity contribution >= 4 is 18.0 Å². The van der Waals surface area contributed by atoms with Crippen LogP contribution in [0.2, 0.25) is 0 Å². The first kappa shape index (κ1) is 41.6. The summed E-state index contributed by atoms with van der Waals surface area (Å²) in [5, 5.41) is 44.3. The number of piperazine rings is 1. The summed E-state index contributed by atoms with van der Waals surface area (Å²) in [6.45, 7) is 12.3. The van der Waals surface area contributed by atoms with Crippen molar-refractivity contribution in [2.45, 2.75) is 140 Å². The number of hydrogen-bond acceptors (Lipinski definition) is 11. The first-order valence-electron chi connectivity index (χ1n) is 17.9. The predicted octanol–water partition coefficient (Wildman–Crippen LogP) is 3.50. The van der Waals surface area contributed by atoms with Gasteiger partial charge >= 0.3 is 18.0 Å². The number of esters is 1.